The van der Waals surface area contributed by atoms with Crippen molar-refractivity contribution in [2.45, 2.75) is 39.5 Å². The number of aromatic hydroxyl groups is 2. The molecule has 196 valence electrons. The van der Waals surface area contributed by atoms with E-state index in [0.717, 1.165) is 47.4 Å². The Balaban J connectivity index is 1.53. The Morgan fingerprint density at radius 3 is 2.08 bits per heavy atom. The number of phenolic OH excluding ortho intramolecular Hbond substituents is 2. The predicted octanol–water partition coefficient (Wildman–Crippen LogP) is 8.11. The molecule has 0 saturated carbocycles. The van der Waals surface area contributed by atoms with Crippen molar-refractivity contribution in [2.24, 2.45) is 5.92 Å². The van der Waals surface area contributed by atoms with Crippen LogP contribution >= 0.6 is 0 Å². The molecule has 6 aromatic rings. The standard InChI is InChI=1S/C33H31N3O3/c1-3-5-8-20(4-2)19-39-33-35-31(34-32(36-33)30-26(37)11-7-12-27(30)38)25-18-16-23-14-13-21-9-6-10-22-15-17-24(25)29(23)28(21)22/h6-7,9-18,20,37-38H,3-5,8,19H2,1-2H3. The van der Waals surface area contributed by atoms with Gasteiger partial charge in [0.1, 0.15) is 17.1 Å². The molecule has 1 unspecified atom stereocenters. The number of hydrogen-bond acceptors (Lipinski definition) is 6. The average Bonchev–Trinajstić information content (AvgIpc) is 2.96. The molecular formula is C33H31N3O3. The molecule has 0 aliphatic carbocycles. The lowest BCUT2D eigenvalue weighted by molar-refractivity contribution is 0.217. The molecule has 2 N–H and O–H groups in total. The number of hydrogen-bond donors (Lipinski definition) is 2. The minimum atomic E-state index is -0.108. The average molecular weight is 518 g/mol. The molecule has 1 atom stereocenters. The summed E-state index contributed by atoms with van der Waals surface area (Å²) in [6, 6.07) is 23.7. The first-order valence-corrected chi connectivity index (χ1v) is 13.6. The number of ether oxygens (including phenoxy) is 1. The minimum Gasteiger partial charge on any atom is -0.507 e. The summed E-state index contributed by atoms with van der Waals surface area (Å²) >= 11 is 0. The second-order valence-electron chi connectivity index (χ2n) is 10.1. The molecule has 0 amide bonds. The van der Waals surface area contributed by atoms with Crippen LogP contribution in [-0.4, -0.2) is 31.8 Å². The summed E-state index contributed by atoms with van der Waals surface area (Å²) in [5, 5.41) is 28.1. The molecule has 0 aliphatic rings. The molecule has 1 aromatic heterocycles. The number of aromatic nitrogens is 3. The van der Waals surface area contributed by atoms with Gasteiger partial charge in [0, 0.05) is 5.56 Å². The van der Waals surface area contributed by atoms with Crippen LogP contribution < -0.4 is 4.74 Å². The lowest BCUT2D eigenvalue weighted by Gasteiger charge is -2.16. The Kier molecular flexibility index (Phi) is 6.61. The Morgan fingerprint density at radius 1 is 0.718 bits per heavy atom. The maximum absolute atomic E-state index is 10.6. The summed E-state index contributed by atoms with van der Waals surface area (Å²) in [5.41, 5.74) is 0.990. The lowest BCUT2D eigenvalue weighted by Crippen LogP contribution is -2.13. The number of phenols is 2. The zero-order valence-electron chi connectivity index (χ0n) is 22.2. The molecule has 0 saturated heterocycles. The second kappa shape index (κ2) is 10.4. The highest BCUT2D eigenvalue weighted by molar-refractivity contribution is 6.25. The van der Waals surface area contributed by atoms with E-state index in [4.69, 9.17) is 14.7 Å². The molecular weight excluding hydrogens is 486 g/mol. The molecule has 6 nitrogen and oxygen atoms in total. The predicted molar refractivity (Wildman–Crippen MR) is 157 cm³/mol. The van der Waals surface area contributed by atoms with Crippen LogP contribution in [0.5, 0.6) is 17.5 Å². The molecule has 0 aliphatic heterocycles. The van der Waals surface area contributed by atoms with Crippen LogP contribution in [0, 0.1) is 5.92 Å². The van der Waals surface area contributed by atoms with Gasteiger partial charge in [-0.1, -0.05) is 87.7 Å². The van der Waals surface area contributed by atoms with Gasteiger partial charge in [0.05, 0.1) is 6.61 Å². The third-order valence-corrected chi connectivity index (χ3v) is 7.62. The number of benzene rings is 5. The van der Waals surface area contributed by atoms with Crippen LogP contribution in [0.1, 0.15) is 39.5 Å². The van der Waals surface area contributed by atoms with E-state index in [0.29, 0.717) is 18.3 Å². The zero-order valence-corrected chi connectivity index (χ0v) is 22.2. The molecule has 0 fully saturated rings. The number of rotatable bonds is 9. The van der Waals surface area contributed by atoms with E-state index in [-0.39, 0.29) is 28.9 Å². The largest absolute Gasteiger partial charge is 0.507 e. The van der Waals surface area contributed by atoms with E-state index < -0.39 is 0 Å². The maximum Gasteiger partial charge on any atom is 0.320 e. The van der Waals surface area contributed by atoms with Crippen LogP contribution in [0.3, 0.4) is 0 Å². The van der Waals surface area contributed by atoms with Crippen molar-refractivity contribution in [3.63, 3.8) is 0 Å². The first-order chi connectivity index (χ1) is 19.1. The maximum atomic E-state index is 10.6. The summed E-state index contributed by atoms with van der Waals surface area (Å²) in [4.78, 5) is 14.0. The van der Waals surface area contributed by atoms with Gasteiger partial charge in [-0.05, 0) is 62.9 Å². The third-order valence-electron chi connectivity index (χ3n) is 7.62. The van der Waals surface area contributed by atoms with E-state index in [9.17, 15) is 10.2 Å². The van der Waals surface area contributed by atoms with Gasteiger partial charge in [-0.2, -0.15) is 9.97 Å². The van der Waals surface area contributed by atoms with Crippen molar-refractivity contribution in [1.82, 2.24) is 15.0 Å². The van der Waals surface area contributed by atoms with Crippen LogP contribution in [0.15, 0.2) is 72.8 Å². The molecule has 6 rings (SSSR count). The van der Waals surface area contributed by atoms with Gasteiger partial charge >= 0.3 is 6.01 Å². The van der Waals surface area contributed by atoms with Crippen molar-refractivity contribution >= 4 is 32.3 Å². The fourth-order valence-corrected chi connectivity index (χ4v) is 5.43. The molecule has 39 heavy (non-hydrogen) atoms. The summed E-state index contributed by atoms with van der Waals surface area (Å²) in [7, 11) is 0. The minimum absolute atomic E-state index is 0.108. The van der Waals surface area contributed by atoms with Crippen LogP contribution in [-0.2, 0) is 0 Å². The fourth-order valence-electron chi connectivity index (χ4n) is 5.43. The summed E-state index contributed by atoms with van der Waals surface area (Å²) < 4.78 is 6.16. The van der Waals surface area contributed by atoms with Gasteiger partial charge in [0.2, 0.25) is 0 Å². The molecule has 1 heterocycles. The van der Waals surface area contributed by atoms with E-state index in [1.165, 1.54) is 28.3 Å². The highest BCUT2D eigenvalue weighted by Crippen LogP contribution is 2.40. The van der Waals surface area contributed by atoms with Crippen molar-refractivity contribution in [3.8, 4) is 40.3 Å². The topological polar surface area (TPSA) is 88.4 Å². The Hall–Kier alpha value is -4.45. The number of unbranched alkanes of at least 4 members (excludes halogenated alkanes) is 1. The first-order valence-electron chi connectivity index (χ1n) is 13.6. The van der Waals surface area contributed by atoms with Gasteiger partial charge in [-0.3, -0.25) is 0 Å². The zero-order chi connectivity index (χ0) is 26.9. The van der Waals surface area contributed by atoms with E-state index in [2.05, 4.69) is 67.4 Å². The fraction of sp³-hybridized carbons (Fsp3) is 0.242. The van der Waals surface area contributed by atoms with E-state index in [1.54, 1.807) is 6.07 Å². The summed E-state index contributed by atoms with van der Waals surface area (Å²) in [6.45, 7) is 4.84. The molecule has 0 bridgehead atoms. The van der Waals surface area contributed by atoms with Gasteiger partial charge in [0.15, 0.2) is 11.6 Å². The van der Waals surface area contributed by atoms with Gasteiger partial charge in [0.25, 0.3) is 0 Å². The normalized spacial score (nSPS) is 12.5. The van der Waals surface area contributed by atoms with Crippen molar-refractivity contribution in [1.29, 1.82) is 0 Å². The quantitative estimate of drug-likeness (QED) is 0.188. The Morgan fingerprint density at radius 2 is 1.36 bits per heavy atom. The molecule has 6 heteroatoms. The van der Waals surface area contributed by atoms with Crippen LogP contribution in [0.4, 0.5) is 0 Å². The Bertz CT molecular complexity index is 1750. The highest BCUT2D eigenvalue weighted by Gasteiger charge is 2.20. The highest BCUT2D eigenvalue weighted by atomic mass is 16.5. The van der Waals surface area contributed by atoms with Gasteiger partial charge in [-0.15, -0.1) is 0 Å². The molecule has 0 spiro atoms. The van der Waals surface area contributed by atoms with Crippen molar-refractivity contribution in [3.05, 3.63) is 72.8 Å². The van der Waals surface area contributed by atoms with Gasteiger partial charge in [-0.25, -0.2) is 4.98 Å². The summed E-state index contributed by atoms with van der Waals surface area (Å²) in [6.07, 6.45) is 4.36. The Labute approximate surface area is 227 Å². The smallest absolute Gasteiger partial charge is 0.320 e. The molecule has 5 aromatic carbocycles. The van der Waals surface area contributed by atoms with Crippen LogP contribution in [0.2, 0.25) is 0 Å². The van der Waals surface area contributed by atoms with Crippen LogP contribution in [0.25, 0.3) is 55.1 Å². The first kappa shape index (κ1) is 24.9. The van der Waals surface area contributed by atoms with Crippen molar-refractivity contribution < 1.29 is 14.9 Å². The summed E-state index contributed by atoms with van der Waals surface area (Å²) in [5.74, 6) is 0.766. The monoisotopic (exact) mass is 517 g/mol. The van der Waals surface area contributed by atoms with Gasteiger partial charge < -0.3 is 14.9 Å². The number of nitrogens with zero attached hydrogens (tertiary/aromatic N) is 3. The second-order valence-corrected chi connectivity index (χ2v) is 10.1. The molecule has 0 radical (unpaired) electrons. The van der Waals surface area contributed by atoms with E-state index >= 15 is 0 Å². The third kappa shape index (κ3) is 4.56. The lowest BCUT2D eigenvalue weighted by atomic mass is 9.92. The van der Waals surface area contributed by atoms with E-state index in [1.807, 2.05) is 6.07 Å². The van der Waals surface area contributed by atoms with Crippen molar-refractivity contribution in [2.75, 3.05) is 6.61 Å². The SMILES string of the molecule is CCCCC(CC)COc1nc(-c2c(O)cccc2O)nc(-c2ccc3ccc4cccc5ccc2c3c45)n1.